The highest BCUT2D eigenvalue weighted by molar-refractivity contribution is 6.39. The van der Waals surface area contributed by atoms with Crippen molar-refractivity contribution in [1.29, 1.82) is 0 Å². The molecule has 11 heteroatoms. The Balaban J connectivity index is 1.43. The fourth-order valence-corrected chi connectivity index (χ4v) is 4.36. The number of hydrogen-bond acceptors (Lipinski definition) is 8. The van der Waals surface area contributed by atoms with Crippen molar-refractivity contribution in [3.8, 4) is 17.1 Å². The van der Waals surface area contributed by atoms with Crippen molar-refractivity contribution in [3.63, 3.8) is 0 Å². The summed E-state index contributed by atoms with van der Waals surface area (Å²) in [4.78, 5) is 49.9. The molecule has 204 valence electrons. The molecule has 1 atom stereocenters. The molecule has 0 saturated carbocycles. The van der Waals surface area contributed by atoms with Crippen molar-refractivity contribution in [3.05, 3.63) is 60.7 Å². The van der Waals surface area contributed by atoms with Gasteiger partial charge in [-0.1, -0.05) is 30.3 Å². The maximum atomic E-state index is 13.1. The minimum Gasteiger partial charge on any atom is -0.497 e. The zero-order valence-electron chi connectivity index (χ0n) is 22.3. The third-order valence-electron chi connectivity index (χ3n) is 6.32. The lowest BCUT2D eigenvalue weighted by Gasteiger charge is -2.41. The summed E-state index contributed by atoms with van der Waals surface area (Å²) in [5, 5.41) is 8.48. The van der Waals surface area contributed by atoms with Crippen LogP contribution >= 0.6 is 0 Å². The molecule has 2 aromatic carbocycles. The van der Waals surface area contributed by atoms with Crippen LogP contribution < -0.4 is 25.6 Å². The second-order valence-electron chi connectivity index (χ2n) is 9.18. The molecule has 3 amide bonds. The minimum atomic E-state index is -0.762. The lowest BCUT2D eigenvalue weighted by Crippen LogP contribution is -2.55. The van der Waals surface area contributed by atoms with Crippen LogP contribution in [0.1, 0.15) is 13.8 Å². The number of aromatic nitrogens is 2. The van der Waals surface area contributed by atoms with E-state index in [9.17, 15) is 14.4 Å². The maximum Gasteiger partial charge on any atom is 0.315 e. The van der Waals surface area contributed by atoms with E-state index >= 15 is 0 Å². The molecule has 0 aliphatic carbocycles. The first-order valence-corrected chi connectivity index (χ1v) is 12.8. The molecule has 4 rings (SSSR count). The van der Waals surface area contributed by atoms with Crippen molar-refractivity contribution in [1.82, 2.24) is 20.2 Å². The molecular formula is C28H33N7O4. The number of nitrogens with one attached hydrogen (secondary N) is 3. The van der Waals surface area contributed by atoms with Gasteiger partial charge in [0.15, 0.2) is 5.82 Å². The fourth-order valence-electron chi connectivity index (χ4n) is 4.36. The van der Waals surface area contributed by atoms with Gasteiger partial charge >= 0.3 is 11.8 Å². The Labute approximate surface area is 227 Å². The van der Waals surface area contributed by atoms with Crippen LogP contribution in [0.3, 0.4) is 0 Å². The summed E-state index contributed by atoms with van der Waals surface area (Å²) in [6, 6.07) is 18.7. The van der Waals surface area contributed by atoms with Gasteiger partial charge in [0.2, 0.25) is 5.91 Å². The SMILES string of the molecule is COc1ccc(N2CCN(C(=O)C(=O)Nc3cc(NCCNC(C)=O)nc(-c4ccccc4)n3)CC2C)cc1. The van der Waals surface area contributed by atoms with E-state index in [0.29, 0.717) is 44.4 Å². The number of rotatable bonds is 8. The molecule has 0 spiro atoms. The van der Waals surface area contributed by atoms with Gasteiger partial charge < -0.3 is 30.5 Å². The second-order valence-corrected chi connectivity index (χ2v) is 9.18. The van der Waals surface area contributed by atoms with E-state index in [-0.39, 0.29) is 17.8 Å². The summed E-state index contributed by atoms with van der Waals surface area (Å²) in [7, 11) is 1.63. The summed E-state index contributed by atoms with van der Waals surface area (Å²) in [5.74, 6) is 0.328. The Kier molecular flexibility index (Phi) is 8.93. The number of nitrogens with zero attached hydrogens (tertiary/aromatic N) is 4. The number of benzene rings is 2. The zero-order valence-corrected chi connectivity index (χ0v) is 22.3. The van der Waals surface area contributed by atoms with Gasteiger partial charge in [-0.3, -0.25) is 14.4 Å². The first-order valence-electron chi connectivity index (χ1n) is 12.8. The van der Waals surface area contributed by atoms with E-state index in [4.69, 9.17) is 4.74 Å². The third kappa shape index (κ3) is 7.22. The van der Waals surface area contributed by atoms with E-state index < -0.39 is 11.8 Å². The average molecular weight is 532 g/mol. The number of carbonyl (C=O) groups excluding carboxylic acids is 3. The number of methoxy groups -OCH3 is 1. The molecule has 39 heavy (non-hydrogen) atoms. The highest BCUT2D eigenvalue weighted by atomic mass is 16.5. The van der Waals surface area contributed by atoms with Gasteiger partial charge in [-0.15, -0.1) is 0 Å². The number of piperazine rings is 1. The number of ether oxygens (including phenoxy) is 1. The molecule has 1 saturated heterocycles. The smallest absolute Gasteiger partial charge is 0.315 e. The van der Waals surface area contributed by atoms with Crippen molar-refractivity contribution >= 4 is 35.0 Å². The average Bonchev–Trinajstić information content (AvgIpc) is 2.95. The van der Waals surface area contributed by atoms with E-state index in [1.54, 1.807) is 18.1 Å². The summed E-state index contributed by atoms with van der Waals surface area (Å²) in [6.07, 6.45) is 0. The molecule has 1 aliphatic rings. The van der Waals surface area contributed by atoms with Gasteiger partial charge in [0.05, 0.1) is 7.11 Å². The van der Waals surface area contributed by atoms with Crippen LogP contribution in [0.2, 0.25) is 0 Å². The summed E-state index contributed by atoms with van der Waals surface area (Å²) in [6.45, 7) is 5.72. The van der Waals surface area contributed by atoms with Crippen LogP contribution in [0.25, 0.3) is 11.4 Å². The van der Waals surface area contributed by atoms with E-state index in [1.807, 2.05) is 61.5 Å². The molecule has 11 nitrogen and oxygen atoms in total. The largest absolute Gasteiger partial charge is 0.497 e. The lowest BCUT2D eigenvalue weighted by atomic mass is 10.1. The second kappa shape index (κ2) is 12.7. The maximum absolute atomic E-state index is 13.1. The van der Waals surface area contributed by atoms with Gasteiger partial charge in [-0.2, -0.15) is 0 Å². The molecule has 1 aromatic heterocycles. The quantitative estimate of drug-likeness (QED) is 0.299. The Hall–Kier alpha value is -4.67. The van der Waals surface area contributed by atoms with E-state index in [0.717, 1.165) is 17.0 Å². The van der Waals surface area contributed by atoms with Crippen molar-refractivity contribution in [2.75, 3.05) is 55.4 Å². The summed E-state index contributed by atoms with van der Waals surface area (Å²) in [5.41, 5.74) is 1.79. The predicted molar refractivity (Wildman–Crippen MR) is 150 cm³/mol. The molecule has 1 aliphatic heterocycles. The normalized spacial score (nSPS) is 14.9. The van der Waals surface area contributed by atoms with Crippen molar-refractivity contribution < 1.29 is 19.1 Å². The van der Waals surface area contributed by atoms with Crippen molar-refractivity contribution in [2.24, 2.45) is 0 Å². The third-order valence-corrected chi connectivity index (χ3v) is 6.32. The van der Waals surface area contributed by atoms with Crippen LogP contribution in [0, 0.1) is 0 Å². The lowest BCUT2D eigenvalue weighted by molar-refractivity contribution is -0.143. The molecule has 0 bridgehead atoms. The highest BCUT2D eigenvalue weighted by Gasteiger charge is 2.30. The van der Waals surface area contributed by atoms with Gasteiger partial charge in [0.1, 0.15) is 17.4 Å². The zero-order chi connectivity index (χ0) is 27.8. The Morgan fingerprint density at radius 1 is 0.974 bits per heavy atom. The number of carbonyl (C=O) groups is 3. The Morgan fingerprint density at radius 3 is 2.36 bits per heavy atom. The number of hydrogen-bond donors (Lipinski definition) is 3. The number of amides is 3. The minimum absolute atomic E-state index is 0.0204. The topological polar surface area (TPSA) is 129 Å². The summed E-state index contributed by atoms with van der Waals surface area (Å²) >= 11 is 0. The first-order chi connectivity index (χ1) is 18.8. The van der Waals surface area contributed by atoms with E-state index in [1.165, 1.54) is 6.92 Å². The molecule has 1 unspecified atom stereocenters. The first kappa shape index (κ1) is 27.4. The fraction of sp³-hybridized carbons (Fsp3) is 0.321. The van der Waals surface area contributed by atoms with Gasteiger partial charge in [0, 0.05) is 63.0 Å². The molecular weight excluding hydrogens is 498 g/mol. The number of anilines is 3. The molecule has 2 heterocycles. The summed E-state index contributed by atoms with van der Waals surface area (Å²) < 4.78 is 5.24. The van der Waals surface area contributed by atoms with Crippen LogP contribution in [0.5, 0.6) is 5.75 Å². The predicted octanol–water partition coefficient (Wildman–Crippen LogP) is 2.38. The molecule has 3 N–H and O–H groups in total. The van der Waals surface area contributed by atoms with Crippen LogP contribution in [-0.4, -0.2) is 78.5 Å². The van der Waals surface area contributed by atoms with Crippen LogP contribution in [0.4, 0.5) is 17.3 Å². The monoisotopic (exact) mass is 531 g/mol. The molecule has 0 radical (unpaired) electrons. The Morgan fingerprint density at radius 2 is 1.69 bits per heavy atom. The standard InChI is InChI=1S/C28H33N7O4/c1-19-18-34(15-16-35(19)22-9-11-23(39-3)12-10-22)28(38)27(37)33-25-17-24(30-14-13-29-20(2)36)31-26(32-25)21-7-5-4-6-8-21/h4-12,17,19H,13-16,18H2,1-3H3,(H,29,36)(H2,30,31,32,33,37). The van der Waals surface area contributed by atoms with Gasteiger partial charge in [-0.05, 0) is 31.2 Å². The van der Waals surface area contributed by atoms with Crippen LogP contribution in [0.15, 0.2) is 60.7 Å². The van der Waals surface area contributed by atoms with Gasteiger partial charge in [-0.25, -0.2) is 9.97 Å². The molecule has 1 fully saturated rings. The van der Waals surface area contributed by atoms with Crippen molar-refractivity contribution in [2.45, 2.75) is 19.9 Å². The Bertz CT molecular complexity index is 1300. The van der Waals surface area contributed by atoms with Crippen LogP contribution in [-0.2, 0) is 14.4 Å². The van der Waals surface area contributed by atoms with Gasteiger partial charge in [0.25, 0.3) is 0 Å². The highest BCUT2D eigenvalue weighted by Crippen LogP contribution is 2.24. The molecule has 3 aromatic rings. The van der Waals surface area contributed by atoms with E-state index in [2.05, 4.69) is 30.8 Å².